The molecule has 1 amide bonds. The molecule has 0 saturated heterocycles. The van der Waals surface area contributed by atoms with Crippen LogP contribution in [0.4, 0.5) is 0 Å². The van der Waals surface area contributed by atoms with E-state index in [1.54, 1.807) is 11.3 Å². The number of carbonyl (C=O) groups is 1. The van der Waals surface area contributed by atoms with Crippen LogP contribution in [0.25, 0.3) is 10.7 Å². The third-order valence-electron chi connectivity index (χ3n) is 4.32. The monoisotopic (exact) mass is 408 g/mol. The molecule has 3 heterocycles. The van der Waals surface area contributed by atoms with E-state index in [0.717, 1.165) is 10.4 Å². The van der Waals surface area contributed by atoms with Crippen molar-refractivity contribution in [1.29, 1.82) is 0 Å². The molecular formula is C20H20N6O2S. The summed E-state index contributed by atoms with van der Waals surface area (Å²) in [6.45, 7) is 1.83. The molecule has 9 heteroatoms. The molecule has 0 radical (unpaired) electrons. The van der Waals surface area contributed by atoms with Crippen molar-refractivity contribution in [3.05, 3.63) is 70.9 Å². The molecule has 2 N–H and O–H groups in total. The number of hydrogen-bond acceptors (Lipinski definition) is 7. The Kier molecular flexibility index (Phi) is 5.76. The second-order valence-electron chi connectivity index (χ2n) is 6.53. The highest BCUT2D eigenvalue weighted by molar-refractivity contribution is 7.13. The number of aromatic amines is 1. The van der Waals surface area contributed by atoms with Crippen molar-refractivity contribution >= 4 is 17.2 Å². The lowest BCUT2D eigenvalue weighted by Crippen LogP contribution is -2.30. The molecular weight excluding hydrogens is 388 g/mol. The highest BCUT2D eigenvalue weighted by Crippen LogP contribution is 2.22. The molecule has 3 aromatic heterocycles. The number of H-pyrrole nitrogens is 1. The minimum Gasteiger partial charge on any atom is -0.342 e. The molecule has 0 aliphatic carbocycles. The second-order valence-corrected chi connectivity index (χ2v) is 7.48. The lowest BCUT2D eigenvalue weighted by molar-refractivity contribution is -0.121. The van der Waals surface area contributed by atoms with Crippen LogP contribution in [-0.2, 0) is 11.2 Å². The molecule has 0 spiro atoms. The molecule has 29 heavy (non-hydrogen) atoms. The molecule has 0 aliphatic rings. The van der Waals surface area contributed by atoms with Gasteiger partial charge in [0.1, 0.15) is 11.9 Å². The molecule has 4 rings (SSSR count). The average molecular weight is 408 g/mol. The maximum absolute atomic E-state index is 12.5. The van der Waals surface area contributed by atoms with Crippen LogP contribution in [0.1, 0.15) is 42.0 Å². The maximum atomic E-state index is 12.5. The van der Waals surface area contributed by atoms with Gasteiger partial charge in [0.25, 0.3) is 0 Å². The molecule has 1 atom stereocenters. The van der Waals surface area contributed by atoms with Gasteiger partial charge in [0.15, 0.2) is 5.82 Å². The van der Waals surface area contributed by atoms with Gasteiger partial charge in [-0.3, -0.25) is 9.89 Å². The topological polar surface area (TPSA) is 110 Å². The van der Waals surface area contributed by atoms with Gasteiger partial charge in [0.2, 0.25) is 17.6 Å². The SMILES string of the molecule is Cc1nc(C(NC(=O)CCCc2nc(-c3cccs3)no2)c2ccccc2)n[nH]1. The summed E-state index contributed by atoms with van der Waals surface area (Å²) in [7, 11) is 0. The Labute approximate surface area is 171 Å². The quantitative estimate of drug-likeness (QED) is 0.462. The number of aromatic nitrogens is 5. The van der Waals surface area contributed by atoms with E-state index in [1.807, 2.05) is 54.8 Å². The van der Waals surface area contributed by atoms with Gasteiger partial charge in [-0.1, -0.05) is 41.6 Å². The Hall–Kier alpha value is -3.33. The molecule has 0 aliphatic heterocycles. The van der Waals surface area contributed by atoms with E-state index in [1.165, 1.54) is 0 Å². The Morgan fingerprint density at radius 2 is 2.07 bits per heavy atom. The molecule has 148 valence electrons. The number of carbonyl (C=O) groups excluding carboxylic acids is 1. The van der Waals surface area contributed by atoms with Crippen LogP contribution in [0, 0.1) is 6.92 Å². The summed E-state index contributed by atoms with van der Waals surface area (Å²) in [5, 5.41) is 16.0. The van der Waals surface area contributed by atoms with Crippen molar-refractivity contribution in [2.75, 3.05) is 0 Å². The predicted molar refractivity (Wildman–Crippen MR) is 108 cm³/mol. The fourth-order valence-corrected chi connectivity index (χ4v) is 3.58. The van der Waals surface area contributed by atoms with E-state index in [0.29, 0.717) is 42.6 Å². The van der Waals surface area contributed by atoms with Crippen molar-refractivity contribution in [2.45, 2.75) is 32.2 Å². The van der Waals surface area contributed by atoms with Crippen LogP contribution >= 0.6 is 11.3 Å². The summed E-state index contributed by atoms with van der Waals surface area (Å²) in [5.74, 6) is 2.28. The van der Waals surface area contributed by atoms with Crippen LogP contribution in [0.5, 0.6) is 0 Å². The molecule has 0 bridgehead atoms. The van der Waals surface area contributed by atoms with Crippen molar-refractivity contribution in [1.82, 2.24) is 30.6 Å². The second kappa shape index (κ2) is 8.78. The fraction of sp³-hybridized carbons (Fsp3) is 0.250. The highest BCUT2D eigenvalue weighted by Gasteiger charge is 2.21. The Morgan fingerprint density at radius 3 is 2.79 bits per heavy atom. The van der Waals surface area contributed by atoms with Gasteiger partial charge in [0, 0.05) is 12.8 Å². The van der Waals surface area contributed by atoms with Crippen LogP contribution in [0.3, 0.4) is 0 Å². The number of hydrogen-bond donors (Lipinski definition) is 2. The van der Waals surface area contributed by atoms with Crippen molar-refractivity contribution < 1.29 is 9.32 Å². The van der Waals surface area contributed by atoms with Crippen LogP contribution in [0.15, 0.2) is 52.4 Å². The van der Waals surface area contributed by atoms with Gasteiger partial charge in [-0.05, 0) is 30.4 Å². The Balaban J connectivity index is 1.35. The third kappa shape index (κ3) is 4.75. The molecule has 8 nitrogen and oxygen atoms in total. The molecule has 1 aromatic carbocycles. The van der Waals surface area contributed by atoms with E-state index < -0.39 is 6.04 Å². The number of nitrogens with one attached hydrogen (secondary N) is 2. The third-order valence-corrected chi connectivity index (χ3v) is 5.18. The first kappa shape index (κ1) is 19.0. The van der Waals surface area contributed by atoms with E-state index in [9.17, 15) is 4.79 Å². The van der Waals surface area contributed by atoms with Crippen LogP contribution < -0.4 is 5.32 Å². The first-order valence-electron chi connectivity index (χ1n) is 9.29. The van der Waals surface area contributed by atoms with Gasteiger partial charge in [-0.2, -0.15) is 10.1 Å². The Morgan fingerprint density at radius 1 is 1.21 bits per heavy atom. The number of thiophene rings is 1. The first-order valence-corrected chi connectivity index (χ1v) is 10.2. The first-order chi connectivity index (χ1) is 14.2. The van der Waals surface area contributed by atoms with Gasteiger partial charge < -0.3 is 9.84 Å². The largest absolute Gasteiger partial charge is 0.342 e. The normalized spacial score (nSPS) is 12.0. The van der Waals surface area contributed by atoms with Crippen LogP contribution in [-0.4, -0.2) is 31.2 Å². The summed E-state index contributed by atoms with van der Waals surface area (Å²) in [6.07, 6.45) is 1.48. The predicted octanol–water partition coefficient (Wildman–Crippen LogP) is 3.45. The molecule has 1 unspecified atom stereocenters. The van der Waals surface area contributed by atoms with E-state index >= 15 is 0 Å². The lowest BCUT2D eigenvalue weighted by atomic mass is 10.1. The Bertz CT molecular complexity index is 1060. The maximum Gasteiger partial charge on any atom is 0.226 e. The number of nitrogens with zero attached hydrogens (tertiary/aromatic N) is 4. The summed E-state index contributed by atoms with van der Waals surface area (Å²) < 4.78 is 5.28. The van der Waals surface area contributed by atoms with Crippen LogP contribution in [0.2, 0.25) is 0 Å². The summed E-state index contributed by atoms with van der Waals surface area (Å²) in [5.41, 5.74) is 0.928. The smallest absolute Gasteiger partial charge is 0.226 e. The number of rotatable bonds is 8. The summed E-state index contributed by atoms with van der Waals surface area (Å²) in [6, 6.07) is 13.2. The summed E-state index contributed by atoms with van der Waals surface area (Å²) >= 11 is 1.56. The van der Waals surface area contributed by atoms with E-state index in [-0.39, 0.29) is 5.91 Å². The lowest BCUT2D eigenvalue weighted by Gasteiger charge is -2.16. The van der Waals surface area contributed by atoms with Gasteiger partial charge in [-0.25, -0.2) is 4.98 Å². The fourth-order valence-electron chi connectivity index (χ4n) is 2.93. The van der Waals surface area contributed by atoms with Gasteiger partial charge in [0.05, 0.1) is 4.88 Å². The number of amides is 1. The molecule has 4 aromatic rings. The minimum atomic E-state index is -0.400. The number of aryl methyl sites for hydroxylation is 2. The number of benzene rings is 1. The zero-order valence-corrected chi connectivity index (χ0v) is 16.6. The molecule has 0 saturated carbocycles. The molecule has 0 fully saturated rings. The van der Waals surface area contributed by atoms with Gasteiger partial charge in [-0.15, -0.1) is 11.3 Å². The zero-order valence-electron chi connectivity index (χ0n) is 15.8. The average Bonchev–Trinajstić information content (AvgIpc) is 3.48. The minimum absolute atomic E-state index is 0.0840. The van der Waals surface area contributed by atoms with Gasteiger partial charge >= 0.3 is 0 Å². The van der Waals surface area contributed by atoms with Crippen molar-refractivity contribution in [2.24, 2.45) is 0 Å². The standard InChI is InChI=1S/C20H20N6O2S/c1-13-21-20(25-24-13)18(14-7-3-2-4-8-14)22-16(27)10-5-11-17-23-19(26-28-17)15-9-6-12-29-15/h2-4,6-9,12,18H,5,10-11H2,1H3,(H,22,27)(H,21,24,25). The van der Waals surface area contributed by atoms with E-state index in [4.69, 9.17) is 4.52 Å². The van der Waals surface area contributed by atoms with E-state index in [2.05, 4.69) is 30.6 Å². The highest BCUT2D eigenvalue weighted by atomic mass is 32.1. The zero-order chi connectivity index (χ0) is 20.1. The van der Waals surface area contributed by atoms with Crippen molar-refractivity contribution in [3.63, 3.8) is 0 Å². The van der Waals surface area contributed by atoms with Crippen molar-refractivity contribution in [3.8, 4) is 10.7 Å². The summed E-state index contributed by atoms with van der Waals surface area (Å²) in [4.78, 5) is 22.3.